The lowest BCUT2D eigenvalue weighted by atomic mass is 10.2. The zero-order chi connectivity index (χ0) is 17.1. The summed E-state index contributed by atoms with van der Waals surface area (Å²) in [5, 5.41) is 35.2. The van der Waals surface area contributed by atoms with E-state index in [0.29, 0.717) is 12.1 Å². The molecule has 23 heavy (non-hydrogen) atoms. The molecule has 0 bridgehead atoms. The van der Waals surface area contributed by atoms with Crippen LogP contribution in [0.4, 0.5) is 32.8 Å². The van der Waals surface area contributed by atoms with E-state index < -0.39 is 43.3 Å². The molecule has 0 aliphatic rings. The molecular formula is C12H7FN4O6. The Balaban J connectivity index is 2.69. The van der Waals surface area contributed by atoms with Gasteiger partial charge in [0.1, 0.15) is 5.82 Å². The van der Waals surface area contributed by atoms with Gasteiger partial charge < -0.3 is 5.32 Å². The molecule has 0 heterocycles. The summed E-state index contributed by atoms with van der Waals surface area (Å²) >= 11 is 0. The van der Waals surface area contributed by atoms with Gasteiger partial charge in [-0.3, -0.25) is 30.3 Å². The van der Waals surface area contributed by atoms with Crippen LogP contribution in [-0.4, -0.2) is 14.8 Å². The van der Waals surface area contributed by atoms with Gasteiger partial charge in [-0.1, -0.05) is 12.1 Å². The number of benzene rings is 2. The number of nitrogens with one attached hydrogen (secondary N) is 1. The van der Waals surface area contributed by atoms with Gasteiger partial charge in [0.2, 0.25) is 0 Å². The molecule has 0 atom stereocenters. The number of halogens is 1. The Morgan fingerprint density at radius 1 is 0.870 bits per heavy atom. The fourth-order valence-electron chi connectivity index (χ4n) is 1.82. The molecule has 10 nitrogen and oxygen atoms in total. The lowest BCUT2D eigenvalue weighted by Crippen LogP contribution is -2.04. The van der Waals surface area contributed by atoms with Gasteiger partial charge in [-0.05, 0) is 12.1 Å². The van der Waals surface area contributed by atoms with E-state index in [2.05, 4.69) is 5.32 Å². The average molecular weight is 322 g/mol. The minimum Gasteiger partial charge on any atom is -0.342 e. The van der Waals surface area contributed by atoms with E-state index >= 15 is 0 Å². The smallest absolute Gasteiger partial charge is 0.306 e. The number of nitro groups is 3. The summed E-state index contributed by atoms with van der Waals surface area (Å²) in [6.45, 7) is 0. The molecule has 0 unspecified atom stereocenters. The third kappa shape index (κ3) is 3.18. The quantitative estimate of drug-likeness (QED) is 0.657. The Morgan fingerprint density at radius 3 is 1.83 bits per heavy atom. The lowest BCUT2D eigenvalue weighted by molar-refractivity contribution is -0.401. The van der Waals surface area contributed by atoms with Crippen molar-refractivity contribution >= 4 is 28.4 Å². The fourth-order valence-corrected chi connectivity index (χ4v) is 1.82. The van der Waals surface area contributed by atoms with Crippen molar-refractivity contribution in [2.45, 2.75) is 0 Å². The van der Waals surface area contributed by atoms with Crippen LogP contribution < -0.4 is 5.32 Å². The van der Waals surface area contributed by atoms with Crippen molar-refractivity contribution in [1.29, 1.82) is 0 Å². The number of hydrogen-bond acceptors (Lipinski definition) is 7. The second kappa shape index (κ2) is 6.01. The van der Waals surface area contributed by atoms with E-state index in [0.717, 1.165) is 6.07 Å². The second-order valence-electron chi connectivity index (χ2n) is 4.24. The maximum absolute atomic E-state index is 13.6. The molecule has 2 rings (SSSR count). The van der Waals surface area contributed by atoms with Crippen molar-refractivity contribution in [3.63, 3.8) is 0 Å². The number of anilines is 2. The first kappa shape index (κ1) is 15.8. The van der Waals surface area contributed by atoms with E-state index in [-0.39, 0.29) is 5.69 Å². The number of hydrogen-bond donors (Lipinski definition) is 1. The van der Waals surface area contributed by atoms with Crippen LogP contribution in [0, 0.1) is 36.2 Å². The van der Waals surface area contributed by atoms with Crippen molar-refractivity contribution in [3.05, 3.63) is 72.6 Å². The minimum atomic E-state index is -1.02. The van der Waals surface area contributed by atoms with Crippen molar-refractivity contribution in [3.8, 4) is 0 Å². The van der Waals surface area contributed by atoms with Crippen LogP contribution in [0.3, 0.4) is 0 Å². The van der Waals surface area contributed by atoms with Crippen LogP contribution in [0.1, 0.15) is 0 Å². The molecule has 0 radical (unpaired) electrons. The molecule has 2 aromatic carbocycles. The third-order valence-electron chi connectivity index (χ3n) is 2.82. The molecule has 0 saturated carbocycles. The Hall–Kier alpha value is -3.63. The van der Waals surface area contributed by atoms with Gasteiger partial charge in [-0.2, -0.15) is 0 Å². The zero-order valence-electron chi connectivity index (χ0n) is 11.1. The molecule has 1 N–H and O–H groups in total. The van der Waals surface area contributed by atoms with Crippen molar-refractivity contribution in [2.24, 2.45) is 0 Å². The predicted molar refractivity (Wildman–Crippen MR) is 76.1 cm³/mol. The second-order valence-corrected chi connectivity index (χ2v) is 4.24. The number of non-ortho nitro benzene ring substituents is 1. The summed E-state index contributed by atoms with van der Waals surface area (Å²) in [6, 6.07) is 6.16. The summed E-state index contributed by atoms with van der Waals surface area (Å²) in [4.78, 5) is 29.9. The normalized spacial score (nSPS) is 10.1. The van der Waals surface area contributed by atoms with Crippen LogP contribution in [0.15, 0.2) is 36.4 Å². The van der Waals surface area contributed by atoms with Gasteiger partial charge >= 0.3 is 11.4 Å². The Kier molecular flexibility index (Phi) is 4.12. The number of para-hydroxylation sites is 1. The lowest BCUT2D eigenvalue weighted by Gasteiger charge is -2.08. The molecule has 0 saturated heterocycles. The molecule has 118 valence electrons. The van der Waals surface area contributed by atoms with Crippen LogP contribution in [0.2, 0.25) is 0 Å². The standard InChI is InChI=1S/C12H7FN4O6/c13-8-3-1-2-4-9(8)14-12-10(16(20)21)5-7(15(18)19)6-11(12)17(22)23/h1-6,14H. The number of rotatable bonds is 5. The first-order valence-corrected chi connectivity index (χ1v) is 5.94. The van der Waals surface area contributed by atoms with Gasteiger partial charge in [0.25, 0.3) is 5.69 Å². The number of nitro benzene ring substituents is 3. The number of nitrogens with zero attached hydrogens (tertiary/aromatic N) is 3. The van der Waals surface area contributed by atoms with Gasteiger partial charge in [0.05, 0.1) is 32.6 Å². The summed E-state index contributed by atoms with van der Waals surface area (Å²) < 4.78 is 13.6. The molecule has 11 heteroatoms. The SMILES string of the molecule is O=[N+]([O-])c1cc([N+](=O)[O-])c(Nc2ccccc2F)c([N+](=O)[O-])c1. The van der Waals surface area contributed by atoms with E-state index in [1.54, 1.807) is 0 Å². The largest absolute Gasteiger partial charge is 0.342 e. The molecule has 0 spiro atoms. The van der Waals surface area contributed by atoms with E-state index in [1.165, 1.54) is 18.2 Å². The first-order valence-electron chi connectivity index (χ1n) is 5.94. The molecule has 0 aromatic heterocycles. The highest BCUT2D eigenvalue weighted by atomic mass is 19.1. The summed E-state index contributed by atoms with van der Waals surface area (Å²) in [6.07, 6.45) is 0. The van der Waals surface area contributed by atoms with Gasteiger partial charge in [-0.15, -0.1) is 0 Å². The van der Waals surface area contributed by atoms with Crippen molar-refractivity contribution in [1.82, 2.24) is 0 Å². The molecule has 0 amide bonds. The fraction of sp³-hybridized carbons (Fsp3) is 0. The highest BCUT2D eigenvalue weighted by Crippen LogP contribution is 2.40. The minimum absolute atomic E-state index is 0.243. The zero-order valence-corrected chi connectivity index (χ0v) is 11.1. The Labute approximate surface area is 126 Å². The highest BCUT2D eigenvalue weighted by molar-refractivity contribution is 5.81. The summed E-state index contributed by atoms with van der Waals surface area (Å²) in [7, 11) is 0. The van der Waals surface area contributed by atoms with E-state index in [4.69, 9.17) is 0 Å². The van der Waals surface area contributed by atoms with E-state index in [1.807, 2.05) is 0 Å². The monoisotopic (exact) mass is 322 g/mol. The maximum atomic E-state index is 13.6. The molecular weight excluding hydrogens is 315 g/mol. The van der Waals surface area contributed by atoms with Crippen LogP contribution in [0.25, 0.3) is 0 Å². The van der Waals surface area contributed by atoms with Crippen LogP contribution in [-0.2, 0) is 0 Å². The molecule has 0 aliphatic heterocycles. The van der Waals surface area contributed by atoms with Gasteiger partial charge in [-0.25, -0.2) is 4.39 Å². The van der Waals surface area contributed by atoms with Gasteiger partial charge in [0, 0.05) is 0 Å². The third-order valence-corrected chi connectivity index (χ3v) is 2.82. The highest BCUT2D eigenvalue weighted by Gasteiger charge is 2.31. The molecule has 0 aliphatic carbocycles. The molecule has 0 fully saturated rings. The Bertz CT molecular complexity index is 790. The van der Waals surface area contributed by atoms with Crippen molar-refractivity contribution < 1.29 is 19.2 Å². The summed E-state index contributed by atoms with van der Waals surface area (Å²) in [5.41, 5.74) is -3.52. The Morgan fingerprint density at radius 2 is 1.39 bits per heavy atom. The average Bonchev–Trinajstić information content (AvgIpc) is 2.48. The van der Waals surface area contributed by atoms with Crippen LogP contribution >= 0.6 is 0 Å². The van der Waals surface area contributed by atoms with Gasteiger partial charge in [0.15, 0.2) is 5.69 Å². The maximum Gasteiger partial charge on any atom is 0.306 e. The topological polar surface area (TPSA) is 141 Å². The van der Waals surface area contributed by atoms with Crippen molar-refractivity contribution in [2.75, 3.05) is 5.32 Å². The molecule has 2 aromatic rings. The first-order chi connectivity index (χ1) is 10.8. The summed E-state index contributed by atoms with van der Waals surface area (Å²) in [5.74, 6) is -0.797. The van der Waals surface area contributed by atoms with E-state index in [9.17, 15) is 34.7 Å². The van der Waals surface area contributed by atoms with Crippen LogP contribution in [0.5, 0.6) is 0 Å². The predicted octanol–water partition coefficient (Wildman–Crippen LogP) is 3.29.